The van der Waals surface area contributed by atoms with Crippen LogP contribution in [0.5, 0.6) is 0 Å². The summed E-state index contributed by atoms with van der Waals surface area (Å²) in [7, 11) is 0. The lowest BCUT2D eigenvalue weighted by atomic mass is 10.0. The Balaban J connectivity index is 2.51. The molecule has 0 atom stereocenters. The Morgan fingerprint density at radius 3 is 2.50 bits per heavy atom. The fourth-order valence-electron chi connectivity index (χ4n) is 1.67. The topological polar surface area (TPSA) is 69.0 Å². The summed E-state index contributed by atoms with van der Waals surface area (Å²) in [5.41, 5.74) is 10.9. The molecule has 4 nitrogen and oxygen atoms in total. The van der Waals surface area contributed by atoms with Crippen LogP contribution in [0.2, 0.25) is 0 Å². The number of hydrogen-bond acceptors (Lipinski definition) is 2. The van der Waals surface area contributed by atoms with Crippen LogP contribution < -0.4 is 0 Å². The lowest BCUT2D eigenvalue weighted by Gasteiger charge is -2.06. The second-order valence-electron chi connectivity index (χ2n) is 3.71. The molecule has 90 valence electrons. The van der Waals surface area contributed by atoms with Crippen molar-refractivity contribution in [2.24, 2.45) is 5.11 Å². The van der Waals surface area contributed by atoms with Crippen molar-refractivity contribution in [1.29, 1.82) is 0 Å². The molecule has 0 bridgehead atoms. The lowest BCUT2D eigenvalue weighted by molar-refractivity contribution is 0.282. The number of halogens is 1. The van der Waals surface area contributed by atoms with Crippen molar-refractivity contribution in [1.82, 2.24) is 0 Å². The SMILES string of the molecule is [N-]=[N+]=Nc1cc(F)ccc1-c1ccc(CO)cc1. The maximum absolute atomic E-state index is 13.1. The Bertz CT molecular complexity index is 604. The van der Waals surface area contributed by atoms with Gasteiger partial charge in [0.05, 0.1) is 6.61 Å². The van der Waals surface area contributed by atoms with E-state index in [-0.39, 0.29) is 12.3 Å². The van der Waals surface area contributed by atoms with Gasteiger partial charge in [0, 0.05) is 10.6 Å². The smallest absolute Gasteiger partial charge is 0.123 e. The van der Waals surface area contributed by atoms with Gasteiger partial charge in [-0.25, -0.2) is 4.39 Å². The van der Waals surface area contributed by atoms with Gasteiger partial charge in [-0.2, -0.15) is 0 Å². The summed E-state index contributed by atoms with van der Waals surface area (Å²) >= 11 is 0. The van der Waals surface area contributed by atoms with Gasteiger partial charge in [0.25, 0.3) is 0 Å². The van der Waals surface area contributed by atoms with E-state index in [4.69, 9.17) is 10.6 Å². The van der Waals surface area contributed by atoms with E-state index in [1.54, 1.807) is 30.3 Å². The molecule has 0 unspecified atom stereocenters. The van der Waals surface area contributed by atoms with Crippen LogP contribution in [-0.4, -0.2) is 5.11 Å². The van der Waals surface area contributed by atoms with E-state index in [0.717, 1.165) is 11.1 Å². The van der Waals surface area contributed by atoms with Gasteiger partial charge in [0.2, 0.25) is 0 Å². The standard InChI is InChI=1S/C13H10FN3O/c14-11-5-6-12(13(7-11)16-17-15)10-3-1-9(8-18)2-4-10/h1-7,18H,8H2. The maximum Gasteiger partial charge on any atom is 0.123 e. The predicted molar refractivity (Wildman–Crippen MR) is 66.6 cm³/mol. The minimum Gasteiger partial charge on any atom is -0.392 e. The Labute approximate surface area is 103 Å². The van der Waals surface area contributed by atoms with Gasteiger partial charge >= 0.3 is 0 Å². The van der Waals surface area contributed by atoms with Crippen LogP contribution in [0.15, 0.2) is 47.6 Å². The van der Waals surface area contributed by atoms with Gasteiger partial charge in [0.1, 0.15) is 5.82 Å². The molecule has 0 spiro atoms. The fraction of sp³-hybridized carbons (Fsp3) is 0.0769. The molecule has 2 aromatic rings. The molecule has 0 radical (unpaired) electrons. The van der Waals surface area contributed by atoms with Crippen molar-refractivity contribution in [2.75, 3.05) is 0 Å². The molecular formula is C13H10FN3O. The van der Waals surface area contributed by atoms with Crippen molar-refractivity contribution in [3.05, 3.63) is 64.3 Å². The zero-order valence-electron chi connectivity index (χ0n) is 9.42. The molecule has 2 rings (SSSR count). The Kier molecular flexibility index (Phi) is 3.57. The molecule has 0 heterocycles. The molecule has 18 heavy (non-hydrogen) atoms. The van der Waals surface area contributed by atoms with E-state index in [0.29, 0.717) is 5.56 Å². The Morgan fingerprint density at radius 1 is 1.17 bits per heavy atom. The van der Waals surface area contributed by atoms with Crippen molar-refractivity contribution in [2.45, 2.75) is 6.61 Å². The Morgan fingerprint density at radius 2 is 1.89 bits per heavy atom. The zero-order valence-corrected chi connectivity index (χ0v) is 9.42. The first kappa shape index (κ1) is 12.1. The monoisotopic (exact) mass is 243 g/mol. The quantitative estimate of drug-likeness (QED) is 0.495. The first-order valence-electron chi connectivity index (χ1n) is 5.29. The molecule has 0 aliphatic rings. The predicted octanol–water partition coefficient (Wildman–Crippen LogP) is 3.93. The summed E-state index contributed by atoms with van der Waals surface area (Å²) in [5.74, 6) is -0.451. The number of rotatable bonds is 3. The second-order valence-corrected chi connectivity index (χ2v) is 3.71. The highest BCUT2D eigenvalue weighted by molar-refractivity contribution is 5.75. The summed E-state index contributed by atoms with van der Waals surface area (Å²) in [4.78, 5) is 2.69. The molecule has 2 aromatic carbocycles. The third-order valence-electron chi connectivity index (χ3n) is 2.56. The van der Waals surface area contributed by atoms with Gasteiger partial charge in [-0.1, -0.05) is 35.4 Å². The largest absolute Gasteiger partial charge is 0.392 e. The van der Waals surface area contributed by atoms with E-state index >= 15 is 0 Å². The number of aliphatic hydroxyl groups is 1. The molecule has 0 fully saturated rings. The zero-order chi connectivity index (χ0) is 13.0. The lowest BCUT2D eigenvalue weighted by Crippen LogP contribution is -1.84. The van der Waals surface area contributed by atoms with Gasteiger partial charge < -0.3 is 5.11 Å². The van der Waals surface area contributed by atoms with Crippen molar-refractivity contribution in [3.8, 4) is 11.1 Å². The summed E-state index contributed by atoms with van der Waals surface area (Å²) < 4.78 is 13.1. The molecular weight excluding hydrogens is 233 g/mol. The van der Waals surface area contributed by atoms with E-state index in [1.807, 2.05) is 0 Å². The molecule has 0 aliphatic carbocycles. The molecule has 0 saturated heterocycles. The minimum atomic E-state index is -0.451. The molecule has 1 N–H and O–H groups in total. The molecule has 0 saturated carbocycles. The van der Waals surface area contributed by atoms with Crippen molar-refractivity contribution in [3.63, 3.8) is 0 Å². The third-order valence-corrected chi connectivity index (χ3v) is 2.56. The maximum atomic E-state index is 13.1. The molecule has 0 aromatic heterocycles. The second kappa shape index (κ2) is 5.31. The highest BCUT2D eigenvalue weighted by Crippen LogP contribution is 2.31. The van der Waals surface area contributed by atoms with Crippen molar-refractivity contribution < 1.29 is 9.50 Å². The van der Waals surface area contributed by atoms with Crippen LogP contribution in [0.3, 0.4) is 0 Å². The van der Waals surface area contributed by atoms with Gasteiger partial charge in [-0.15, -0.1) is 0 Å². The van der Waals surface area contributed by atoms with Crippen LogP contribution in [-0.2, 0) is 6.61 Å². The summed E-state index contributed by atoms with van der Waals surface area (Å²) in [6.45, 7) is -0.0348. The average molecular weight is 243 g/mol. The van der Waals surface area contributed by atoms with Gasteiger partial charge in [0.15, 0.2) is 0 Å². The minimum absolute atomic E-state index is 0.0348. The fourth-order valence-corrected chi connectivity index (χ4v) is 1.67. The normalized spacial score (nSPS) is 9.89. The number of azide groups is 1. The molecule has 5 heteroatoms. The van der Waals surface area contributed by atoms with E-state index in [9.17, 15) is 4.39 Å². The van der Waals surface area contributed by atoms with E-state index in [2.05, 4.69) is 10.0 Å². The molecule has 0 aliphatic heterocycles. The van der Waals surface area contributed by atoms with Gasteiger partial charge in [-0.3, -0.25) is 0 Å². The van der Waals surface area contributed by atoms with Crippen molar-refractivity contribution >= 4 is 5.69 Å². The summed E-state index contributed by atoms with van der Waals surface area (Å²) in [6.07, 6.45) is 0. The van der Waals surface area contributed by atoms with Crippen LogP contribution in [0.1, 0.15) is 5.56 Å². The van der Waals surface area contributed by atoms with Crippen LogP contribution in [0.25, 0.3) is 21.6 Å². The van der Waals surface area contributed by atoms with E-state index < -0.39 is 5.82 Å². The first-order valence-corrected chi connectivity index (χ1v) is 5.29. The highest BCUT2D eigenvalue weighted by atomic mass is 19.1. The van der Waals surface area contributed by atoms with Crippen LogP contribution in [0.4, 0.5) is 10.1 Å². The first-order chi connectivity index (χ1) is 8.74. The number of hydrogen-bond donors (Lipinski definition) is 1. The third kappa shape index (κ3) is 2.48. The number of benzene rings is 2. The number of nitrogens with zero attached hydrogens (tertiary/aromatic N) is 3. The summed E-state index contributed by atoms with van der Waals surface area (Å²) in [6, 6.07) is 11.2. The van der Waals surface area contributed by atoms with Crippen LogP contribution in [0, 0.1) is 5.82 Å². The Hall–Kier alpha value is -2.36. The van der Waals surface area contributed by atoms with Crippen LogP contribution >= 0.6 is 0 Å². The average Bonchev–Trinajstić information content (AvgIpc) is 2.40. The highest BCUT2D eigenvalue weighted by Gasteiger charge is 2.05. The molecule has 0 amide bonds. The summed E-state index contributed by atoms with van der Waals surface area (Å²) in [5, 5.41) is 12.4. The number of aliphatic hydroxyl groups excluding tert-OH is 1. The van der Waals surface area contributed by atoms with E-state index in [1.165, 1.54) is 12.1 Å². The van der Waals surface area contributed by atoms with Gasteiger partial charge in [-0.05, 0) is 34.4 Å².